The maximum Gasteiger partial charge on any atom is 0.401 e. The van der Waals surface area contributed by atoms with Crippen LogP contribution in [0.4, 0.5) is 13.2 Å². The molecule has 20 heavy (non-hydrogen) atoms. The Balaban J connectivity index is 1.80. The lowest BCUT2D eigenvalue weighted by Crippen LogP contribution is -2.50. The summed E-state index contributed by atoms with van der Waals surface area (Å²) >= 11 is 4.68. The minimum atomic E-state index is -4.15. The number of carbonyl (C=O) groups is 1. The van der Waals surface area contributed by atoms with Gasteiger partial charge in [0.2, 0.25) is 0 Å². The van der Waals surface area contributed by atoms with Crippen LogP contribution in [0.2, 0.25) is 0 Å². The maximum atomic E-state index is 12.3. The molecule has 1 aromatic rings. The Morgan fingerprint density at radius 1 is 1.25 bits per heavy atom. The van der Waals surface area contributed by atoms with Crippen molar-refractivity contribution in [1.82, 2.24) is 9.80 Å². The molecule has 2 heterocycles. The van der Waals surface area contributed by atoms with Gasteiger partial charge in [0.05, 0.1) is 18.0 Å². The molecular weight excluding hydrogens is 357 g/mol. The highest BCUT2D eigenvalue weighted by atomic mass is 79.9. The lowest BCUT2D eigenvalue weighted by atomic mass is 10.2. The van der Waals surface area contributed by atoms with Gasteiger partial charge in [0, 0.05) is 30.7 Å². The van der Waals surface area contributed by atoms with Crippen LogP contribution in [0.5, 0.6) is 0 Å². The van der Waals surface area contributed by atoms with E-state index in [9.17, 15) is 18.0 Å². The van der Waals surface area contributed by atoms with Crippen molar-refractivity contribution in [2.75, 3.05) is 39.3 Å². The van der Waals surface area contributed by atoms with Crippen molar-refractivity contribution < 1.29 is 18.0 Å². The second-order valence-electron chi connectivity index (χ2n) is 4.69. The smallest absolute Gasteiger partial charge is 0.293 e. The van der Waals surface area contributed by atoms with Crippen LogP contribution >= 0.6 is 27.3 Å². The first-order valence-corrected chi connectivity index (χ1v) is 7.80. The maximum absolute atomic E-state index is 12.3. The summed E-state index contributed by atoms with van der Waals surface area (Å²) < 4.78 is 37.6. The first-order valence-electron chi connectivity index (χ1n) is 6.13. The molecule has 2 rings (SSSR count). The molecule has 0 N–H and O–H groups in total. The number of thiophene rings is 1. The van der Waals surface area contributed by atoms with Gasteiger partial charge in [0.25, 0.3) is 0 Å². The number of nitrogens with zero attached hydrogens (tertiary/aromatic N) is 2. The molecule has 0 atom stereocenters. The number of alkyl halides is 3. The number of ketones is 1. The summed E-state index contributed by atoms with van der Waals surface area (Å²) in [6.07, 6.45) is -4.15. The van der Waals surface area contributed by atoms with Crippen LogP contribution in [0.3, 0.4) is 0 Å². The number of hydrogen-bond acceptors (Lipinski definition) is 4. The summed E-state index contributed by atoms with van der Waals surface area (Å²) in [5.41, 5.74) is 0. The Kier molecular flexibility index (Phi) is 5.22. The molecule has 1 aliphatic heterocycles. The zero-order chi connectivity index (χ0) is 14.8. The normalized spacial score (nSPS) is 18.4. The van der Waals surface area contributed by atoms with E-state index < -0.39 is 12.7 Å². The van der Waals surface area contributed by atoms with Crippen LogP contribution < -0.4 is 0 Å². The van der Waals surface area contributed by atoms with Gasteiger partial charge in [-0.2, -0.15) is 13.2 Å². The summed E-state index contributed by atoms with van der Waals surface area (Å²) in [7, 11) is 0. The quantitative estimate of drug-likeness (QED) is 0.761. The van der Waals surface area contributed by atoms with Crippen LogP contribution in [0.25, 0.3) is 0 Å². The topological polar surface area (TPSA) is 23.6 Å². The van der Waals surface area contributed by atoms with Crippen molar-refractivity contribution >= 4 is 33.0 Å². The predicted molar refractivity (Wildman–Crippen MR) is 75.3 cm³/mol. The molecule has 0 bridgehead atoms. The van der Waals surface area contributed by atoms with Crippen LogP contribution in [-0.4, -0.2) is 61.0 Å². The third-order valence-electron chi connectivity index (χ3n) is 3.11. The van der Waals surface area contributed by atoms with Gasteiger partial charge in [-0.05, 0) is 27.4 Å². The Labute approximate surface area is 127 Å². The van der Waals surface area contributed by atoms with Gasteiger partial charge in [0.1, 0.15) is 0 Å². The van der Waals surface area contributed by atoms with Gasteiger partial charge >= 0.3 is 6.18 Å². The van der Waals surface area contributed by atoms with E-state index in [1.165, 1.54) is 16.2 Å². The lowest BCUT2D eigenvalue weighted by molar-refractivity contribution is -0.149. The summed E-state index contributed by atoms with van der Waals surface area (Å²) in [5, 5.41) is 1.83. The molecule has 112 valence electrons. The monoisotopic (exact) mass is 370 g/mol. The Morgan fingerprint density at radius 3 is 2.35 bits per heavy atom. The van der Waals surface area contributed by atoms with Gasteiger partial charge in [0.15, 0.2) is 5.78 Å². The number of rotatable bonds is 4. The van der Waals surface area contributed by atoms with E-state index in [4.69, 9.17) is 0 Å². The number of halogens is 4. The van der Waals surface area contributed by atoms with E-state index in [1.54, 1.807) is 0 Å². The molecule has 3 nitrogen and oxygen atoms in total. The van der Waals surface area contributed by atoms with E-state index in [1.807, 2.05) is 16.3 Å². The molecule has 0 saturated carbocycles. The van der Waals surface area contributed by atoms with Crippen molar-refractivity contribution in [1.29, 1.82) is 0 Å². The molecule has 1 aromatic heterocycles. The third kappa shape index (κ3) is 4.54. The first-order chi connectivity index (χ1) is 9.35. The van der Waals surface area contributed by atoms with Gasteiger partial charge < -0.3 is 0 Å². The second kappa shape index (κ2) is 6.55. The number of Topliss-reactive ketones (excluding diaryl/α,β-unsaturated/α-hetero) is 1. The average molecular weight is 371 g/mol. The molecule has 0 aliphatic carbocycles. The Hall–Kier alpha value is -0.440. The SMILES string of the molecule is O=C(CN1CCN(CC(F)(F)F)CC1)c1sccc1Br. The largest absolute Gasteiger partial charge is 0.401 e. The Bertz CT molecular complexity index is 470. The molecule has 0 aromatic carbocycles. The predicted octanol–water partition coefficient (Wildman–Crippen LogP) is 2.87. The summed E-state index contributed by atoms with van der Waals surface area (Å²) in [4.78, 5) is 16.0. The van der Waals surface area contributed by atoms with Crippen molar-refractivity contribution in [3.63, 3.8) is 0 Å². The summed E-state index contributed by atoms with van der Waals surface area (Å²) in [6, 6.07) is 1.82. The van der Waals surface area contributed by atoms with Gasteiger partial charge in [-0.3, -0.25) is 14.6 Å². The molecule has 0 unspecified atom stereocenters. The highest BCUT2D eigenvalue weighted by Crippen LogP contribution is 2.23. The van der Waals surface area contributed by atoms with E-state index in [0.29, 0.717) is 31.1 Å². The molecule has 1 fully saturated rings. The van der Waals surface area contributed by atoms with Gasteiger partial charge in [-0.25, -0.2) is 0 Å². The highest BCUT2D eigenvalue weighted by Gasteiger charge is 2.32. The number of piperazine rings is 1. The van der Waals surface area contributed by atoms with E-state index >= 15 is 0 Å². The fourth-order valence-electron chi connectivity index (χ4n) is 2.13. The van der Waals surface area contributed by atoms with Gasteiger partial charge in [-0.15, -0.1) is 11.3 Å². The highest BCUT2D eigenvalue weighted by molar-refractivity contribution is 9.10. The standard InChI is InChI=1S/C12H14BrF3N2OS/c13-9-1-6-20-11(9)10(19)7-17-2-4-18(5-3-17)8-12(14,15)16/h1,6H,2-5,7-8H2. The Morgan fingerprint density at radius 2 is 1.85 bits per heavy atom. The third-order valence-corrected chi connectivity index (χ3v) is 4.98. The molecule has 0 amide bonds. The van der Waals surface area contributed by atoms with E-state index in [-0.39, 0.29) is 12.3 Å². The van der Waals surface area contributed by atoms with Crippen molar-refractivity contribution in [2.45, 2.75) is 6.18 Å². The molecule has 0 radical (unpaired) electrons. The molecular formula is C12H14BrF3N2OS. The molecule has 8 heteroatoms. The fourth-order valence-corrected chi connectivity index (χ4v) is 3.65. The van der Waals surface area contributed by atoms with Crippen molar-refractivity contribution in [3.05, 3.63) is 20.8 Å². The van der Waals surface area contributed by atoms with E-state index in [2.05, 4.69) is 15.9 Å². The molecule has 1 aliphatic rings. The summed E-state index contributed by atoms with van der Waals surface area (Å²) in [5.74, 6) is 0.0103. The zero-order valence-corrected chi connectivity index (χ0v) is 13.0. The van der Waals surface area contributed by atoms with E-state index in [0.717, 1.165) is 4.47 Å². The van der Waals surface area contributed by atoms with Crippen LogP contribution in [0.15, 0.2) is 15.9 Å². The minimum absolute atomic E-state index is 0.0103. The number of carbonyl (C=O) groups excluding carboxylic acids is 1. The summed E-state index contributed by atoms with van der Waals surface area (Å²) in [6.45, 7) is 1.07. The van der Waals surface area contributed by atoms with Crippen molar-refractivity contribution in [3.8, 4) is 0 Å². The fraction of sp³-hybridized carbons (Fsp3) is 0.583. The van der Waals surface area contributed by atoms with Gasteiger partial charge in [-0.1, -0.05) is 0 Å². The molecule has 0 spiro atoms. The average Bonchev–Trinajstić information content (AvgIpc) is 2.76. The van der Waals surface area contributed by atoms with Crippen LogP contribution in [-0.2, 0) is 0 Å². The second-order valence-corrected chi connectivity index (χ2v) is 6.46. The molecule has 1 saturated heterocycles. The minimum Gasteiger partial charge on any atom is -0.293 e. The van der Waals surface area contributed by atoms with Crippen LogP contribution in [0.1, 0.15) is 9.67 Å². The lowest BCUT2D eigenvalue weighted by Gasteiger charge is -2.34. The van der Waals surface area contributed by atoms with Crippen LogP contribution in [0, 0.1) is 0 Å². The first kappa shape index (κ1) is 15.9. The van der Waals surface area contributed by atoms with Crippen molar-refractivity contribution in [2.24, 2.45) is 0 Å². The zero-order valence-electron chi connectivity index (χ0n) is 10.6. The number of hydrogen-bond donors (Lipinski definition) is 0.